The molecule has 1 aromatic carbocycles. The van der Waals surface area contributed by atoms with E-state index in [0.29, 0.717) is 37.0 Å². The summed E-state index contributed by atoms with van der Waals surface area (Å²) in [5.41, 5.74) is 11.7. The molecule has 1 saturated carbocycles. The van der Waals surface area contributed by atoms with Crippen LogP contribution < -0.4 is 10.6 Å². The number of nitrogens with zero attached hydrogens (tertiary/aromatic N) is 4. The lowest BCUT2D eigenvalue weighted by molar-refractivity contribution is -0.00158. The highest BCUT2D eigenvalue weighted by atomic mass is 16.5. The second-order valence-corrected chi connectivity index (χ2v) is 7.72. The average Bonchev–Trinajstić information content (AvgIpc) is 3.23. The Morgan fingerprint density at radius 2 is 2.03 bits per heavy atom. The van der Waals surface area contributed by atoms with Crippen LogP contribution in [-0.4, -0.2) is 54.1 Å². The number of methoxy groups -OCH3 is 1. The third-order valence-corrected chi connectivity index (χ3v) is 5.76. The van der Waals surface area contributed by atoms with Crippen molar-refractivity contribution in [3.8, 4) is 11.1 Å². The van der Waals surface area contributed by atoms with Crippen LogP contribution in [0.15, 0.2) is 41.8 Å². The molecule has 3 N–H and O–H groups in total. The predicted octanol–water partition coefficient (Wildman–Crippen LogP) is 4.49. The van der Waals surface area contributed by atoms with Crippen LogP contribution in [0.1, 0.15) is 25.7 Å². The highest BCUT2D eigenvalue weighted by Gasteiger charge is 2.22. The quantitative estimate of drug-likeness (QED) is 0.346. The minimum absolute atomic E-state index is 0.320. The standard InChI is InChI=1S/C22H29N7O2/c1-24-20-13-15(3-8-19(20)27-23)18-9-10-29-21(18)14-25-22(28-29)26-16-4-6-17(7-5-16)31-12-11-30-2/h3,8-10,13-14,16-17,23-24H,4-7,11-12H2,1-2H3,(H,26,28). The second kappa shape index (κ2) is 9.84. The molecule has 9 nitrogen and oxygen atoms in total. The third kappa shape index (κ3) is 4.83. The fraction of sp³-hybridized carbons (Fsp3) is 0.455. The molecule has 1 aliphatic carbocycles. The van der Waals surface area contributed by atoms with Gasteiger partial charge in [0.25, 0.3) is 0 Å². The molecule has 0 aliphatic heterocycles. The summed E-state index contributed by atoms with van der Waals surface area (Å²) in [6, 6.07) is 8.17. The first-order valence-electron chi connectivity index (χ1n) is 10.6. The molecule has 0 radical (unpaired) electrons. The van der Waals surface area contributed by atoms with Gasteiger partial charge >= 0.3 is 0 Å². The molecule has 1 aliphatic rings. The van der Waals surface area contributed by atoms with Gasteiger partial charge in [-0.05, 0) is 49.4 Å². The number of nitrogens with one attached hydrogen (secondary N) is 3. The lowest BCUT2D eigenvalue weighted by atomic mass is 9.93. The molecule has 1 fully saturated rings. The van der Waals surface area contributed by atoms with Crippen molar-refractivity contribution >= 4 is 22.8 Å². The number of hydrogen-bond donors (Lipinski definition) is 3. The van der Waals surface area contributed by atoms with Crippen molar-refractivity contribution in [2.24, 2.45) is 5.11 Å². The Morgan fingerprint density at radius 1 is 1.19 bits per heavy atom. The number of anilines is 2. The van der Waals surface area contributed by atoms with Crippen LogP contribution in [0.2, 0.25) is 0 Å². The van der Waals surface area contributed by atoms with Crippen molar-refractivity contribution in [1.82, 2.24) is 14.6 Å². The van der Waals surface area contributed by atoms with Crippen molar-refractivity contribution in [2.75, 3.05) is 38.0 Å². The molecule has 0 bridgehead atoms. The van der Waals surface area contributed by atoms with E-state index in [4.69, 9.17) is 15.0 Å². The molecule has 2 aromatic heterocycles. The fourth-order valence-electron chi connectivity index (χ4n) is 4.07. The minimum Gasteiger partial charge on any atom is -0.386 e. The Hall–Kier alpha value is -3.04. The molecule has 2 heterocycles. The normalized spacial score (nSPS) is 18.8. The van der Waals surface area contributed by atoms with E-state index in [9.17, 15) is 0 Å². The van der Waals surface area contributed by atoms with Crippen LogP contribution in [0.4, 0.5) is 17.3 Å². The molecule has 0 atom stereocenters. The Balaban J connectivity index is 1.43. The monoisotopic (exact) mass is 423 g/mol. The predicted molar refractivity (Wildman–Crippen MR) is 120 cm³/mol. The zero-order chi connectivity index (χ0) is 21.6. The third-order valence-electron chi connectivity index (χ3n) is 5.76. The first-order chi connectivity index (χ1) is 15.2. The number of rotatable bonds is 9. The molecule has 0 spiro atoms. The van der Waals surface area contributed by atoms with Crippen molar-refractivity contribution in [3.05, 3.63) is 36.7 Å². The van der Waals surface area contributed by atoms with Crippen LogP contribution >= 0.6 is 0 Å². The average molecular weight is 424 g/mol. The summed E-state index contributed by atoms with van der Waals surface area (Å²) in [5.74, 6) is 0.637. The van der Waals surface area contributed by atoms with Gasteiger partial charge in [-0.2, -0.15) is 5.11 Å². The van der Waals surface area contributed by atoms with Gasteiger partial charge in [0.15, 0.2) is 0 Å². The zero-order valence-corrected chi connectivity index (χ0v) is 18.0. The number of hydrogen-bond acceptors (Lipinski definition) is 8. The first kappa shape index (κ1) is 21.2. The molecule has 0 unspecified atom stereocenters. The van der Waals surface area contributed by atoms with E-state index in [0.717, 1.165) is 48.0 Å². The van der Waals surface area contributed by atoms with Gasteiger partial charge in [-0.15, -0.1) is 5.10 Å². The summed E-state index contributed by atoms with van der Waals surface area (Å²) >= 11 is 0. The maximum Gasteiger partial charge on any atom is 0.241 e. The van der Waals surface area contributed by atoms with Gasteiger partial charge in [0.2, 0.25) is 5.95 Å². The van der Waals surface area contributed by atoms with E-state index in [1.807, 2.05) is 48.2 Å². The van der Waals surface area contributed by atoms with Crippen molar-refractivity contribution in [2.45, 2.75) is 37.8 Å². The summed E-state index contributed by atoms with van der Waals surface area (Å²) in [5, 5.41) is 14.8. The van der Waals surface area contributed by atoms with Gasteiger partial charge in [-0.25, -0.2) is 15.0 Å². The van der Waals surface area contributed by atoms with Gasteiger partial charge in [-0.1, -0.05) is 6.07 Å². The van der Waals surface area contributed by atoms with E-state index >= 15 is 0 Å². The summed E-state index contributed by atoms with van der Waals surface area (Å²) in [6.45, 7) is 1.30. The van der Waals surface area contributed by atoms with E-state index in [1.165, 1.54) is 0 Å². The smallest absolute Gasteiger partial charge is 0.241 e. The molecule has 9 heteroatoms. The molecular weight excluding hydrogens is 394 g/mol. The molecule has 4 rings (SSSR count). The van der Waals surface area contributed by atoms with Gasteiger partial charge in [0, 0.05) is 32.0 Å². The van der Waals surface area contributed by atoms with E-state index < -0.39 is 0 Å². The molecular formula is C22H29N7O2. The van der Waals surface area contributed by atoms with E-state index in [-0.39, 0.29) is 0 Å². The van der Waals surface area contributed by atoms with Crippen molar-refractivity contribution < 1.29 is 9.47 Å². The van der Waals surface area contributed by atoms with Crippen LogP contribution in [0.5, 0.6) is 0 Å². The zero-order valence-electron chi connectivity index (χ0n) is 18.0. The number of ether oxygens (including phenoxy) is 2. The lowest BCUT2D eigenvalue weighted by Crippen LogP contribution is -2.31. The summed E-state index contributed by atoms with van der Waals surface area (Å²) in [7, 11) is 3.52. The maximum absolute atomic E-state index is 7.28. The molecule has 0 saturated heterocycles. The molecule has 31 heavy (non-hydrogen) atoms. The van der Waals surface area contributed by atoms with E-state index in [1.54, 1.807) is 7.11 Å². The minimum atomic E-state index is 0.320. The first-order valence-corrected chi connectivity index (χ1v) is 10.6. The van der Waals surface area contributed by atoms with Gasteiger partial charge in [0.1, 0.15) is 5.69 Å². The lowest BCUT2D eigenvalue weighted by Gasteiger charge is -2.29. The van der Waals surface area contributed by atoms with Crippen LogP contribution in [0.25, 0.3) is 16.6 Å². The van der Waals surface area contributed by atoms with Crippen molar-refractivity contribution in [1.29, 1.82) is 5.53 Å². The van der Waals surface area contributed by atoms with Crippen LogP contribution in [-0.2, 0) is 9.47 Å². The largest absolute Gasteiger partial charge is 0.386 e. The number of benzene rings is 1. The Bertz CT molecular complexity index is 1030. The van der Waals surface area contributed by atoms with E-state index in [2.05, 4.69) is 25.8 Å². The van der Waals surface area contributed by atoms with Gasteiger partial charge in [0.05, 0.1) is 36.7 Å². The number of aromatic nitrogens is 3. The Kier molecular flexibility index (Phi) is 6.73. The van der Waals surface area contributed by atoms with Gasteiger partial charge in [-0.3, -0.25) is 0 Å². The van der Waals surface area contributed by atoms with Crippen LogP contribution in [0.3, 0.4) is 0 Å². The fourth-order valence-corrected chi connectivity index (χ4v) is 4.07. The second-order valence-electron chi connectivity index (χ2n) is 7.72. The van der Waals surface area contributed by atoms with Crippen molar-refractivity contribution in [3.63, 3.8) is 0 Å². The highest BCUT2D eigenvalue weighted by Crippen LogP contribution is 2.33. The molecule has 0 amide bonds. The summed E-state index contributed by atoms with van der Waals surface area (Å²) in [4.78, 5) is 4.56. The Labute approximate surface area is 181 Å². The molecule has 3 aromatic rings. The maximum atomic E-state index is 7.28. The van der Waals surface area contributed by atoms with Crippen LogP contribution in [0, 0.1) is 5.53 Å². The Morgan fingerprint density at radius 3 is 2.77 bits per heavy atom. The topological polar surface area (TPSA) is 109 Å². The summed E-state index contributed by atoms with van der Waals surface area (Å²) in [6.07, 6.45) is 8.26. The number of fused-ring (bicyclic) bond motifs is 1. The SMILES string of the molecule is CNc1cc(-c2ccn3nc(NC4CCC(OCCOC)CC4)ncc23)ccc1N=N. The van der Waals surface area contributed by atoms with Gasteiger partial charge < -0.3 is 20.1 Å². The highest BCUT2D eigenvalue weighted by molar-refractivity contribution is 5.84. The molecule has 164 valence electrons. The summed E-state index contributed by atoms with van der Waals surface area (Å²) < 4.78 is 12.7.